The van der Waals surface area contributed by atoms with Gasteiger partial charge in [0.1, 0.15) is 17.6 Å². The third-order valence-corrected chi connectivity index (χ3v) is 7.30. The highest BCUT2D eigenvalue weighted by molar-refractivity contribution is 5.82. The van der Waals surface area contributed by atoms with Crippen LogP contribution in [0, 0.1) is 13.8 Å². The molecule has 0 bridgehead atoms. The van der Waals surface area contributed by atoms with Crippen molar-refractivity contribution >= 4 is 11.6 Å². The van der Waals surface area contributed by atoms with Crippen LogP contribution in [-0.4, -0.2) is 67.1 Å². The predicted molar refractivity (Wildman–Crippen MR) is 125 cm³/mol. The van der Waals surface area contributed by atoms with E-state index in [0.29, 0.717) is 6.04 Å². The molecular weight excluding hydrogens is 402 g/mol. The highest BCUT2D eigenvalue weighted by Gasteiger charge is 2.37. The lowest BCUT2D eigenvalue weighted by Gasteiger charge is -2.44. The minimum Gasteiger partial charge on any atom is -0.465 e. The third-order valence-electron chi connectivity index (χ3n) is 7.30. The van der Waals surface area contributed by atoms with Crippen molar-refractivity contribution in [3.05, 3.63) is 53.5 Å². The van der Waals surface area contributed by atoms with Crippen molar-refractivity contribution in [2.45, 2.75) is 51.2 Å². The lowest BCUT2D eigenvalue weighted by molar-refractivity contribution is -0.135. The van der Waals surface area contributed by atoms with Gasteiger partial charge in [0.25, 0.3) is 0 Å². The molecule has 1 aromatic carbocycles. The number of furan rings is 1. The number of benzene rings is 1. The summed E-state index contributed by atoms with van der Waals surface area (Å²) in [4.78, 5) is 20.4. The summed E-state index contributed by atoms with van der Waals surface area (Å²) in [5.41, 5.74) is 9.16. The molecule has 1 aromatic heterocycles. The Labute approximate surface area is 190 Å². The van der Waals surface area contributed by atoms with E-state index in [1.165, 1.54) is 17.7 Å². The van der Waals surface area contributed by atoms with Crippen molar-refractivity contribution in [3.8, 4) is 0 Å². The zero-order chi connectivity index (χ0) is 22.1. The molecule has 2 aromatic rings. The van der Waals surface area contributed by atoms with Crippen molar-refractivity contribution in [2.24, 2.45) is 0 Å². The van der Waals surface area contributed by atoms with Crippen molar-refractivity contribution in [1.82, 2.24) is 20.7 Å². The Bertz CT molecular complexity index is 936. The number of nitrogens with one attached hydrogen (secondary N) is 2. The number of para-hydroxylation sites is 1. The number of rotatable bonds is 4. The number of hydrazine groups is 1. The molecule has 0 spiro atoms. The Morgan fingerprint density at radius 2 is 1.81 bits per heavy atom. The molecular formula is C25H35N5O2. The highest BCUT2D eigenvalue weighted by atomic mass is 16.3. The number of hydrogen-bond donors (Lipinski definition) is 2. The number of aryl methyl sites for hydroxylation is 2. The molecule has 32 heavy (non-hydrogen) atoms. The fourth-order valence-corrected chi connectivity index (χ4v) is 5.46. The quantitative estimate of drug-likeness (QED) is 0.767. The van der Waals surface area contributed by atoms with Crippen LogP contribution in [0.3, 0.4) is 0 Å². The molecule has 5 rings (SSSR count). The molecule has 7 heteroatoms. The van der Waals surface area contributed by atoms with Crippen LogP contribution in [0.4, 0.5) is 5.69 Å². The molecule has 3 aliphatic rings. The zero-order valence-corrected chi connectivity index (χ0v) is 19.2. The molecule has 3 aliphatic heterocycles. The van der Waals surface area contributed by atoms with Gasteiger partial charge in [-0.1, -0.05) is 18.2 Å². The van der Waals surface area contributed by atoms with E-state index in [-0.39, 0.29) is 18.0 Å². The maximum atomic E-state index is 13.3. The molecule has 7 nitrogen and oxygen atoms in total. The number of carbonyl (C=O) groups excluding carboxylic acids is 1. The number of amides is 1. The van der Waals surface area contributed by atoms with Crippen LogP contribution in [0.1, 0.15) is 42.4 Å². The Hall–Kier alpha value is -2.35. The monoisotopic (exact) mass is 437 g/mol. The van der Waals surface area contributed by atoms with Crippen molar-refractivity contribution in [3.63, 3.8) is 0 Å². The Kier molecular flexibility index (Phi) is 6.22. The van der Waals surface area contributed by atoms with Crippen molar-refractivity contribution in [2.75, 3.05) is 44.2 Å². The van der Waals surface area contributed by atoms with E-state index < -0.39 is 0 Å². The summed E-state index contributed by atoms with van der Waals surface area (Å²) in [5.74, 6) is 2.01. The first kappa shape index (κ1) is 21.5. The first-order chi connectivity index (χ1) is 15.6. The number of hydrogen-bond acceptors (Lipinski definition) is 6. The lowest BCUT2D eigenvalue weighted by Crippen LogP contribution is -2.57. The minimum atomic E-state index is -0.193. The molecule has 1 amide bonds. The SMILES string of the molecule is Cc1ccc(C2CC(C(=O)N3CCCC(N4CCN(c5ccccc5C)CC4)C3)NN2)o1. The van der Waals surface area contributed by atoms with Crippen LogP contribution in [0.25, 0.3) is 0 Å². The largest absolute Gasteiger partial charge is 0.465 e. The molecule has 0 aliphatic carbocycles. The molecule has 3 saturated heterocycles. The van der Waals surface area contributed by atoms with Crippen molar-refractivity contribution < 1.29 is 9.21 Å². The summed E-state index contributed by atoms with van der Waals surface area (Å²) >= 11 is 0. The summed E-state index contributed by atoms with van der Waals surface area (Å²) in [6, 6.07) is 12.9. The Morgan fingerprint density at radius 3 is 2.56 bits per heavy atom. The maximum absolute atomic E-state index is 13.3. The maximum Gasteiger partial charge on any atom is 0.241 e. The van der Waals surface area contributed by atoms with Crippen LogP contribution in [0.2, 0.25) is 0 Å². The number of nitrogens with zero attached hydrogens (tertiary/aromatic N) is 3. The normalized spacial score (nSPS) is 27.1. The van der Waals surface area contributed by atoms with Gasteiger partial charge < -0.3 is 14.2 Å². The van der Waals surface area contributed by atoms with E-state index in [0.717, 1.165) is 63.6 Å². The Balaban J connectivity index is 1.15. The van der Waals surface area contributed by atoms with E-state index in [9.17, 15) is 4.79 Å². The molecule has 0 radical (unpaired) electrons. The fourth-order valence-electron chi connectivity index (χ4n) is 5.46. The van der Waals surface area contributed by atoms with Gasteiger partial charge in [0.2, 0.25) is 5.91 Å². The Morgan fingerprint density at radius 1 is 1.00 bits per heavy atom. The summed E-state index contributed by atoms with van der Waals surface area (Å²) in [7, 11) is 0. The molecule has 3 fully saturated rings. The third kappa shape index (κ3) is 4.42. The van der Waals surface area contributed by atoms with Crippen LogP contribution >= 0.6 is 0 Å². The van der Waals surface area contributed by atoms with E-state index >= 15 is 0 Å². The first-order valence-corrected chi connectivity index (χ1v) is 12.0. The first-order valence-electron chi connectivity index (χ1n) is 12.0. The van der Waals surface area contributed by atoms with Crippen molar-refractivity contribution in [1.29, 1.82) is 0 Å². The number of piperazine rings is 1. The summed E-state index contributed by atoms with van der Waals surface area (Å²) < 4.78 is 5.75. The molecule has 4 heterocycles. The van der Waals surface area contributed by atoms with E-state index in [1.54, 1.807) is 0 Å². The van der Waals surface area contributed by atoms with Crippen LogP contribution in [0.15, 0.2) is 40.8 Å². The van der Waals surface area contributed by atoms with Gasteiger partial charge in [-0.3, -0.25) is 9.69 Å². The second-order valence-electron chi connectivity index (χ2n) is 9.47. The summed E-state index contributed by atoms with van der Waals surface area (Å²) in [6.07, 6.45) is 2.98. The second-order valence-corrected chi connectivity index (χ2v) is 9.47. The van der Waals surface area contributed by atoms with E-state index in [1.807, 2.05) is 19.1 Å². The smallest absolute Gasteiger partial charge is 0.241 e. The van der Waals surface area contributed by atoms with Gasteiger partial charge in [-0.15, -0.1) is 0 Å². The fraction of sp³-hybridized carbons (Fsp3) is 0.560. The lowest BCUT2D eigenvalue weighted by atomic mass is 10.0. The molecule has 3 unspecified atom stereocenters. The van der Waals surface area contributed by atoms with Gasteiger partial charge >= 0.3 is 0 Å². The van der Waals surface area contributed by atoms with Crippen LogP contribution in [0.5, 0.6) is 0 Å². The minimum absolute atomic E-state index is 0.0489. The van der Waals surface area contributed by atoms with Crippen LogP contribution < -0.4 is 15.8 Å². The number of carbonyl (C=O) groups is 1. The summed E-state index contributed by atoms with van der Waals surface area (Å²) in [6.45, 7) is 10.1. The van der Waals surface area contributed by atoms with Gasteiger partial charge in [0.15, 0.2) is 0 Å². The molecule has 172 valence electrons. The predicted octanol–water partition coefficient (Wildman–Crippen LogP) is 2.62. The molecule has 2 N–H and O–H groups in total. The summed E-state index contributed by atoms with van der Waals surface area (Å²) in [5, 5.41) is 0. The van der Waals surface area contributed by atoms with E-state index in [2.05, 4.69) is 56.7 Å². The number of piperidine rings is 1. The van der Waals surface area contributed by atoms with Gasteiger partial charge in [-0.25, -0.2) is 10.9 Å². The van der Waals surface area contributed by atoms with Gasteiger partial charge in [-0.2, -0.15) is 0 Å². The van der Waals surface area contributed by atoms with E-state index in [4.69, 9.17) is 4.42 Å². The standard InChI is InChI=1S/C25H35N5O2/c1-18-6-3-4-8-23(18)29-14-12-28(13-15-29)20-7-5-11-30(17-20)25(31)22-16-21(26-27-22)24-10-9-19(2)32-24/h3-4,6,8-10,20-22,26-27H,5,7,11-17H2,1-2H3. The average Bonchev–Trinajstić information content (AvgIpc) is 3.48. The van der Waals surface area contributed by atoms with Gasteiger partial charge in [-0.05, 0) is 56.9 Å². The average molecular weight is 438 g/mol. The number of anilines is 1. The van der Waals surface area contributed by atoms with Gasteiger partial charge in [0, 0.05) is 51.0 Å². The number of likely N-dealkylation sites (tertiary alicyclic amines) is 1. The highest BCUT2D eigenvalue weighted by Crippen LogP contribution is 2.27. The topological polar surface area (TPSA) is 64.0 Å². The second kappa shape index (κ2) is 9.25. The zero-order valence-electron chi connectivity index (χ0n) is 19.2. The van der Waals surface area contributed by atoms with Gasteiger partial charge in [0.05, 0.1) is 6.04 Å². The molecule has 0 saturated carbocycles. The van der Waals surface area contributed by atoms with Crippen LogP contribution in [-0.2, 0) is 4.79 Å². The molecule has 3 atom stereocenters.